The van der Waals surface area contributed by atoms with Crippen molar-refractivity contribution in [2.24, 2.45) is 0 Å². The van der Waals surface area contributed by atoms with E-state index in [1.165, 1.54) is 17.7 Å². The average Bonchev–Trinajstić information content (AvgIpc) is 3.33. The van der Waals surface area contributed by atoms with Gasteiger partial charge in [-0.1, -0.05) is 11.6 Å². The number of pyridine rings is 1. The first-order chi connectivity index (χ1) is 10.2. The van der Waals surface area contributed by atoms with Crippen LogP contribution in [0.4, 0.5) is 0 Å². The zero-order chi connectivity index (χ0) is 14.7. The molecule has 1 aromatic carbocycles. The summed E-state index contributed by atoms with van der Waals surface area (Å²) in [6.45, 7) is 0.758. The van der Waals surface area contributed by atoms with Gasteiger partial charge in [-0.2, -0.15) is 0 Å². The highest BCUT2D eigenvalue weighted by Gasteiger charge is 2.20. The molecular formula is C16H17ClN2OS. The summed E-state index contributed by atoms with van der Waals surface area (Å²) in [6, 6.07) is 10.5. The summed E-state index contributed by atoms with van der Waals surface area (Å²) in [7, 11) is 0. The van der Waals surface area contributed by atoms with Crippen molar-refractivity contribution >= 4 is 23.4 Å². The lowest BCUT2D eigenvalue weighted by Crippen LogP contribution is -2.15. The number of hydrogen-bond acceptors (Lipinski definition) is 4. The van der Waals surface area contributed by atoms with E-state index in [1.807, 2.05) is 30.3 Å². The van der Waals surface area contributed by atoms with Crippen molar-refractivity contribution in [3.05, 3.63) is 47.1 Å². The second kappa shape index (κ2) is 6.69. The Balaban J connectivity index is 1.69. The predicted molar refractivity (Wildman–Crippen MR) is 87.4 cm³/mol. The Morgan fingerprint density at radius 3 is 2.76 bits per heavy atom. The van der Waals surface area contributed by atoms with Crippen LogP contribution >= 0.6 is 23.4 Å². The Morgan fingerprint density at radius 2 is 2.10 bits per heavy atom. The second-order valence-electron chi connectivity index (χ2n) is 5.05. The van der Waals surface area contributed by atoms with Crippen LogP contribution in [0.2, 0.25) is 5.02 Å². The lowest BCUT2D eigenvalue weighted by Gasteiger charge is -2.09. The van der Waals surface area contributed by atoms with Crippen molar-refractivity contribution in [1.82, 2.24) is 10.3 Å². The van der Waals surface area contributed by atoms with Crippen LogP contribution in [0.25, 0.3) is 0 Å². The fourth-order valence-corrected chi connectivity index (χ4v) is 2.53. The third-order valence-corrected chi connectivity index (χ3v) is 4.43. The van der Waals surface area contributed by atoms with Crippen molar-refractivity contribution < 1.29 is 4.74 Å². The molecule has 2 aromatic rings. The number of rotatable bonds is 6. The Bertz CT molecular complexity index is 614. The van der Waals surface area contributed by atoms with Crippen molar-refractivity contribution in [1.29, 1.82) is 0 Å². The number of aromatic nitrogens is 1. The van der Waals surface area contributed by atoms with Gasteiger partial charge in [0.15, 0.2) is 0 Å². The monoisotopic (exact) mass is 320 g/mol. The van der Waals surface area contributed by atoms with Crippen LogP contribution in [0.5, 0.6) is 11.6 Å². The molecule has 0 radical (unpaired) electrons. The van der Waals surface area contributed by atoms with Crippen molar-refractivity contribution in [3.8, 4) is 11.6 Å². The van der Waals surface area contributed by atoms with Crippen LogP contribution in [-0.2, 0) is 6.54 Å². The van der Waals surface area contributed by atoms with Gasteiger partial charge in [-0.25, -0.2) is 4.98 Å². The standard InChI is InChI=1S/C16H17ClN2OS/c1-21-14-6-4-13(5-7-14)20-16-8-11(15(17)10-19-16)9-18-12-2-3-12/h4-8,10,12,18H,2-3,9H2,1H3. The fraction of sp³-hybridized carbons (Fsp3) is 0.312. The molecule has 5 heteroatoms. The van der Waals surface area contributed by atoms with Crippen LogP contribution in [-0.4, -0.2) is 17.3 Å². The van der Waals surface area contributed by atoms with Gasteiger partial charge < -0.3 is 10.1 Å². The Hall–Kier alpha value is -1.23. The molecule has 0 spiro atoms. The van der Waals surface area contributed by atoms with Crippen molar-refractivity contribution in [2.45, 2.75) is 30.3 Å². The Labute approximate surface area is 134 Å². The molecular weight excluding hydrogens is 304 g/mol. The molecule has 1 saturated carbocycles. The molecule has 0 bridgehead atoms. The first-order valence-electron chi connectivity index (χ1n) is 6.94. The second-order valence-corrected chi connectivity index (χ2v) is 6.33. The number of thioether (sulfide) groups is 1. The van der Waals surface area contributed by atoms with E-state index in [1.54, 1.807) is 18.0 Å². The maximum absolute atomic E-state index is 6.18. The minimum Gasteiger partial charge on any atom is -0.439 e. The lowest BCUT2D eigenvalue weighted by atomic mass is 10.2. The Kier molecular flexibility index (Phi) is 4.68. The zero-order valence-electron chi connectivity index (χ0n) is 11.8. The molecule has 1 aliphatic rings. The molecule has 0 aliphatic heterocycles. The molecule has 110 valence electrons. The quantitative estimate of drug-likeness (QED) is 0.795. The largest absolute Gasteiger partial charge is 0.439 e. The van der Waals surface area contributed by atoms with Gasteiger partial charge in [-0.15, -0.1) is 11.8 Å². The van der Waals surface area contributed by atoms with E-state index >= 15 is 0 Å². The summed E-state index contributed by atoms with van der Waals surface area (Å²) in [5, 5.41) is 4.12. The first kappa shape index (κ1) is 14.7. The zero-order valence-corrected chi connectivity index (χ0v) is 13.4. The topological polar surface area (TPSA) is 34.1 Å². The lowest BCUT2D eigenvalue weighted by molar-refractivity contribution is 0.461. The molecule has 0 saturated heterocycles. The van der Waals surface area contributed by atoms with Crippen LogP contribution in [0.15, 0.2) is 41.4 Å². The summed E-state index contributed by atoms with van der Waals surface area (Å²) in [6.07, 6.45) is 6.22. The predicted octanol–water partition coefficient (Wildman–Crippen LogP) is 4.50. The molecule has 1 N–H and O–H groups in total. The normalized spacial score (nSPS) is 14.2. The maximum atomic E-state index is 6.18. The molecule has 0 atom stereocenters. The molecule has 1 aromatic heterocycles. The van der Waals surface area contributed by atoms with E-state index in [2.05, 4.69) is 16.6 Å². The summed E-state index contributed by atoms with van der Waals surface area (Å²) in [4.78, 5) is 5.44. The minimum atomic E-state index is 0.573. The highest BCUT2D eigenvalue weighted by atomic mass is 35.5. The molecule has 0 amide bonds. The number of ether oxygens (including phenoxy) is 1. The first-order valence-corrected chi connectivity index (χ1v) is 8.54. The highest BCUT2D eigenvalue weighted by Crippen LogP contribution is 2.26. The number of benzene rings is 1. The minimum absolute atomic E-state index is 0.573. The summed E-state index contributed by atoms with van der Waals surface area (Å²) in [5.41, 5.74) is 1.02. The third kappa shape index (κ3) is 4.13. The smallest absolute Gasteiger partial charge is 0.219 e. The molecule has 1 heterocycles. The average molecular weight is 321 g/mol. The third-order valence-electron chi connectivity index (χ3n) is 3.35. The van der Waals surface area contributed by atoms with Crippen molar-refractivity contribution in [2.75, 3.05) is 6.26 Å². The molecule has 1 aliphatic carbocycles. The van der Waals surface area contributed by atoms with Crippen LogP contribution in [0, 0.1) is 0 Å². The van der Waals surface area contributed by atoms with Gasteiger partial charge in [-0.05, 0) is 48.9 Å². The van der Waals surface area contributed by atoms with Gasteiger partial charge in [0, 0.05) is 29.7 Å². The van der Waals surface area contributed by atoms with Crippen LogP contribution < -0.4 is 10.1 Å². The van der Waals surface area contributed by atoms with E-state index in [9.17, 15) is 0 Å². The van der Waals surface area contributed by atoms with Gasteiger partial charge in [0.25, 0.3) is 0 Å². The summed E-state index contributed by atoms with van der Waals surface area (Å²) >= 11 is 7.89. The number of hydrogen-bond donors (Lipinski definition) is 1. The van der Waals surface area contributed by atoms with E-state index < -0.39 is 0 Å². The van der Waals surface area contributed by atoms with E-state index in [0.29, 0.717) is 16.9 Å². The number of nitrogens with one attached hydrogen (secondary N) is 1. The number of halogens is 1. The molecule has 0 unspecified atom stereocenters. The van der Waals surface area contributed by atoms with Crippen LogP contribution in [0.1, 0.15) is 18.4 Å². The molecule has 3 rings (SSSR count). The van der Waals surface area contributed by atoms with E-state index in [-0.39, 0.29) is 0 Å². The van der Waals surface area contributed by atoms with Gasteiger partial charge in [0.1, 0.15) is 5.75 Å². The maximum Gasteiger partial charge on any atom is 0.219 e. The molecule has 1 fully saturated rings. The van der Waals surface area contributed by atoms with Crippen molar-refractivity contribution in [3.63, 3.8) is 0 Å². The molecule has 3 nitrogen and oxygen atoms in total. The van der Waals surface area contributed by atoms with Gasteiger partial charge in [-0.3, -0.25) is 0 Å². The van der Waals surface area contributed by atoms with Gasteiger partial charge >= 0.3 is 0 Å². The van der Waals surface area contributed by atoms with Gasteiger partial charge in [0.2, 0.25) is 5.88 Å². The molecule has 21 heavy (non-hydrogen) atoms. The number of nitrogens with zero attached hydrogens (tertiary/aromatic N) is 1. The summed E-state index contributed by atoms with van der Waals surface area (Å²) < 4.78 is 5.79. The van der Waals surface area contributed by atoms with E-state index in [4.69, 9.17) is 16.3 Å². The fourth-order valence-electron chi connectivity index (χ4n) is 1.96. The summed E-state index contributed by atoms with van der Waals surface area (Å²) in [5.74, 6) is 1.35. The Morgan fingerprint density at radius 1 is 1.33 bits per heavy atom. The highest BCUT2D eigenvalue weighted by molar-refractivity contribution is 7.98. The van der Waals surface area contributed by atoms with E-state index in [0.717, 1.165) is 17.9 Å². The van der Waals surface area contributed by atoms with Crippen LogP contribution in [0.3, 0.4) is 0 Å². The van der Waals surface area contributed by atoms with Gasteiger partial charge in [0.05, 0.1) is 5.02 Å². The SMILES string of the molecule is CSc1ccc(Oc2cc(CNC3CC3)c(Cl)cn2)cc1.